The third kappa shape index (κ3) is 10.0. The summed E-state index contributed by atoms with van der Waals surface area (Å²) in [5.41, 5.74) is 2.51. The molecule has 214 valence electrons. The minimum atomic E-state index is -0.233. The van der Waals surface area contributed by atoms with Gasteiger partial charge in [-0.3, -0.25) is 4.79 Å². The molecule has 9 nitrogen and oxygen atoms in total. The predicted octanol–water partition coefficient (Wildman–Crippen LogP) is 4.90. The van der Waals surface area contributed by atoms with Crippen molar-refractivity contribution in [1.82, 2.24) is 5.01 Å². The molecule has 1 aliphatic heterocycles. The van der Waals surface area contributed by atoms with Gasteiger partial charge in [0.15, 0.2) is 11.5 Å². The molecule has 1 aliphatic carbocycles. The smallest absolute Gasteiger partial charge is 0.275 e. The van der Waals surface area contributed by atoms with Crippen molar-refractivity contribution in [2.45, 2.75) is 39.0 Å². The fourth-order valence-electron chi connectivity index (χ4n) is 4.09. The first-order valence-electron chi connectivity index (χ1n) is 13.4. The highest BCUT2D eigenvalue weighted by Crippen LogP contribution is 2.27. The van der Waals surface area contributed by atoms with Gasteiger partial charge in [-0.1, -0.05) is 23.3 Å². The van der Waals surface area contributed by atoms with E-state index in [1.165, 1.54) is 10.6 Å². The number of hydrogen-bond donors (Lipinski definition) is 1. The second kappa shape index (κ2) is 17.0. The van der Waals surface area contributed by atoms with E-state index in [1.54, 1.807) is 25.3 Å². The molecule has 0 radical (unpaired) electrons. The first kappa shape index (κ1) is 30.7. The number of rotatable bonds is 16. The summed E-state index contributed by atoms with van der Waals surface area (Å²) in [6.45, 7) is 5.36. The molecule has 3 rings (SSSR count). The Bertz CT molecular complexity index is 1070. The lowest BCUT2D eigenvalue weighted by molar-refractivity contribution is 0.0324. The second-order valence-corrected chi connectivity index (χ2v) is 9.34. The predicted molar refractivity (Wildman–Crippen MR) is 150 cm³/mol. The number of nitrogens with zero attached hydrogens (tertiary/aromatic N) is 2. The summed E-state index contributed by atoms with van der Waals surface area (Å²) in [6.07, 6.45) is 9.67. The van der Waals surface area contributed by atoms with Crippen molar-refractivity contribution >= 4 is 23.2 Å². The average Bonchev–Trinajstić information content (AvgIpc) is 3.14. The van der Waals surface area contributed by atoms with E-state index >= 15 is 0 Å². The molecule has 0 bridgehead atoms. The molecule has 1 aromatic carbocycles. The summed E-state index contributed by atoms with van der Waals surface area (Å²) in [6, 6.07) is 5.04. The first-order valence-corrected chi connectivity index (χ1v) is 13.8. The zero-order valence-corrected chi connectivity index (χ0v) is 23.6. The highest BCUT2D eigenvalue weighted by atomic mass is 35.5. The van der Waals surface area contributed by atoms with Crippen molar-refractivity contribution < 1.29 is 33.6 Å². The van der Waals surface area contributed by atoms with Crippen LogP contribution in [0.3, 0.4) is 0 Å². The zero-order valence-electron chi connectivity index (χ0n) is 22.8. The van der Waals surface area contributed by atoms with Crippen LogP contribution in [0.2, 0.25) is 5.02 Å². The van der Waals surface area contributed by atoms with E-state index < -0.39 is 0 Å². The van der Waals surface area contributed by atoms with E-state index in [4.69, 9.17) is 40.4 Å². The maximum absolute atomic E-state index is 13.2. The summed E-state index contributed by atoms with van der Waals surface area (Å²) in [7, 11) is 1.63. The van der Waals surface area contributed by atoms with Crippen LogP contribution in [-0.4, -0.2) is 81.6 Å². The number of ether oxygens (including phenoxy) is 5. The fourth-order valence-corrected chi connectivity index (χ4v) is 4.35. The van der Waals surface area contributed by atoms with Crippen LogP contribution in [0.25, 0.3) is 0 Å². The Hall–Kier alpha value is -2.85. The van der Waals surface area contributed by atoms with Gasteiger partial charge in [0.1, 0.15) is 12.4 Å². The van der Waals surface area contributed by atoms with Crippen molar-refractivity contribution in [2.24, 2.45) is 5.10 Å². The average molecular weight is 563 g/mol. The molecule has 1 amide bonds. The minimum Gasteiger partial charge on any atom is -0.493 e. The number of benzene rings is 1. The Labute approximate surface area is 235 Å². The van der Waals surface area contributed by atoms with Crippen LogP contribution in [-0.2, 0) is 18.9 Å². The Morgan fingerprint density at radius 1 is 1.08 bits per heavy atom. The van der Waals surface area contributed by atoms with Gasteiger partial charge in [0, 0.05) is 31.9 Å². The molecule has 0 aromatic heterocycles. The molecule has 0 atom stereocenters. The van der Waals surface area contributed by atoms with Gasteiger partial charge in [-0.2, -0.15) is 5.10 Å². The van der Waals surface area contributed by atoms with Crippen LogP contribution in [0.4, 0.5) is 0 Å². The number of carbonyl (C=O) groups excluding carboxylic acids is 1. The number of hydrazone groups is 1. The van der Waals surface area contributed by atoms with E-state index in [2.05, 4.69) is 5.10 Å². The number of aliphatic hydroxyl groups excluding tert-OH is 1. The van der Waals surface area contributed by atoms with Gasteiger partial charge in [0.25, 0.3) is 5.91 Å². The summed E-state index contributed by atoms with van der Waals surface area (Å²) in [5, 5.41) is 15.2. The van der Waals surface area contributed by atoms with Gasteiger partial charge >= 0.3 is 0 Å². The minimum absolute atomic E-state index is 0.120. The molecule has 1 N–H and O–H groups in total. The number of allylic oxidation sites excluding steroid dienone is 4. The Morgan fingerprint density at radius 3 is 2.62 bits per heavy atom. The molecular formula is C29H39ClN2O7. The molecule has 0 spiro atoms. The highest BCUT2D eigenvalue weighted by Gasteiger charge is 2.23. The summed E-state index contributed by atoms with van der Waals surface area (Å²) < 4.78 is 27.6. The molecule has 0 saturated carbocycles. The van der Waals surface area contributed by atoms with E-state index in [9.17, 15) is 4.79 Å². The van der Waals surface area contributed by atoms with Crippen LogP contribution in [0.1, 0.15) is 49.4 Å². The van der Waals surface area contributed by atoms with Crippen LogP contribution in [0.5, 0.6) is 5.75 Å². The maximum atomic E-state index is 13.2. The van der Waals surface area contributed by atoms with E-state index in [-0.39, 0.29) is 12.5 Å². The van der Waals surface area contributed by atoms with Gasteiger partial charge in [-0.15, -0.1) is 0 Å². The molecule has 1 heterocycles. The SMILES string of the molecule is CCOC1=CCC(CC2=NN(C(=O)c3ccc(OCCOCCOCCCO)cc3Cl)CCC2)=CC=C1OC. The monoisotopic (exact) mass is 562 g/mol. The summed E-state index contributed by atoms with van der Waals surface area (Å²) >= 11 is 6.46. The molecule has 10 heteroatoms. The molecule has 0 unspecified atom stereocenters. The number of amides is 1. The third-order valence-corrected chi connectivity index (χ3v) is 6.34. The van der Waals surface area contributed by atoms with Crippen LogP contribution in [0.15, 0.2) is 58.6 Å². The van der Waals surface area contributed by atoms with E-state index in [1.807, 2.05) is 25.2 Å². The molecular weight excluding hydrogens is 524 g/mol. The van der Waals surface area contributed by atoms with Crippen molar-refractivity contribution in [3.8, 4) is 5.75 Å². The molecule has 0 saturated heterocycles. The van der Waals surface area contributed by atoms with E-state index in [0.29, 0.717) is 81.1 Å². The summed E-state index contributed by atoms with van der Waals surface area (Å²) in [5.74, 6) is 1.76. The number of methoxy groups -OCH3 is 1. The lowest BCUT2D eigenvalue weighted by Gasteiger charge is -2.24. The maximum Gasteiger partial charge on any atom is 0.275 e. The van der Waals surface area contributed by atoms with Gasteiger partial charge in [-0.25, -0.2) is 5.01 Å². The van der Waals surface area contributed by atoms with Gasteiger partial charge in [0.05, 0.1) is 44.1 Å². The molecule has 1 aromatic rings. The number of halogens is 1. The van der Waals surface area contributed by atoms with Crippen molar-refractivity contribution in [3.05, 3.63) is 64.1 Å². The second-order valence-electron chi connectivity index (χ2n) is 8.93. The van der Waals surface area contributed by atoms with Crippen LogP contribution < -0.4 is 4.74 Å². The van der Waals surface area contributed by atoms with Gasteiger partial charge < -0.3 is 28.8 Å². The normalized spacial score (nSPS) is 15.5. The van der Waals surface area contributed by atoms with Crippen molar-refractivity contribution in [3.63, 3.8) is 0 Å². The van der Waals surface area contributed by atoms with Crippen molar-refractivity contribution in [2.75, 3.05) is 59.9 Å². The highest BCUT2D eigenvalue weighted by molar-refractivity contribution is 6.34. The number of carbonyl (C=O) groups is 1. The Kier molecular flexibility index (Phi) is 13.4. The van der Waals surface area contributed by atoms with Gasteiger partial charge in [0.2, 0.25) is 0 Å². The topological polar surface area (TPSA) is 99.1 Å². The molecule has 0 fully saturated rings. The zero-order chi connectivity index (χ0) is 27.9. The van der Waals surface area contributed by atoms with E-state index in [0.717, 1.165) is 30.7 Å². The Balaban J connectivity index is 1.52. The lowest BCUT2D eigenvalue weighted by atomic mass is 10.0. The van der Waals surface area contributed by atoms with Crippen LogP contribution >= 0.6 is 11.6 Å². The summed E-state index contributed by atoms with van der Waals surface area (Å²) in [4.78, 5) is 13.2. The number of hydrogen-bond acceptors (Lipinski definition) is 8. The standard InChI is InChI=1S/C29H39ClN2O7/c1-3-38-28-12-8-22(7-11-27(28)35-2)20-23-6-4-13-32(31-23)29(34)25-10-9-24(21-26(25)30)39-19-18-37-17-16-36-15-5-14-33/h7,9-12,21,33H,3-6,8,13-20H2,1-2H3. The third-order valence-electron chi connectivity index (χ3n) is 6.03. The molecule has 2 aliphatic rings. The van der Waals surface area contributed by atoms with Gasteiger partial charge in [-0.05, 0) is 63.0 Å². The molecule has 39 heavy (non-hydrogen) atoms. The van der Waals surface area contributed by atoms with Crippen LogP contribution in [0, 0.1) is 0 Å². The first-order chi connectivity index (χ1) is 19.0. The fraction of sp³-hybridized carbons (Fsp3) is 0.517. The number of aliphatic hydroxyl groups is 1. The largest absolute Gasteiger partial charge is 0.493 e. The lowest BCUT2D eigenvalue weighted by Crippen LogP contribution is -2.32. The Morgan fingerprint density at radius 2 is 1.87 bits per heavy atom. The van der Waals surface area contributed by atoms with Crippen molar-refractivity contribution in [1.29, 1.82) is 0 Å². The quantitative estimate of drug-likeness (QED) is 0.286.